The van der Waals surface area contributed by atoms with E-state index in [2.05, 4.69) is 15.0 Å². The van der Waals surface area contributed by atoms with Crippen LogP contribution >= 0.6 is 0 Å². The highest BCUT2D eigenvalue weighted by atomic mass is 16.3. The molecule has 0 saturated heterocycles. The third kappa shape index (κ3) is 1.63. The molecule has 3 rings (SSSR count). The minimum atomic E-state index is -1.02. The molecule has 1 aliphatic carbocycles. The Balaban J connectivity index is 2.15. The van der Waals surface area contributed by atoms with Crippen molar-refractivity contribution in [2.45, 2.75) is 12.5 Å². The second-order valence-electron chi connectivity index (χ2n) is 4.60. The molecule has 104 valence electrons. The number of carbonyl (C=O) groups excluding carboxylic acids is 2. The number of H-pyrrole nitrogens is 1. The Labute approximate surface area is 111 Å². The van der Waals surface area contributed by atoms with Crippen molar-refractivity contribution in [3.05, 3.63) is 16.7 Å². The zero-order chi connectivity index (χ0) is 14.4. The molecule has 1 saturated carbocycles. The average molecular weight is 277 g/mol. The van der Waals surface area contributed by atoms with E-state index in [-0.39, 0.29) is 29.3 Å². The van der Waals surface area contributed by atoms with E-state index in [0.29, 0.717) is 0 Å². The van der Waals surface area contributed by atoms with Crippen LogP contribution in [0.4, 0.5) is 5.95 Å². The molecule has 1 unspecified atom stereocenters. The molecule has 0 radical (unpaired) electrons. The third-order valence-electron chi connectivity index (χ3n) is 3.42. The van der Waals surface area contributed by atoms with Crippen molar-refractivity contribution in [1.29, 1.82) is 0 Å². The molecule has 0 aromatic carbocycles. The first kappa shape index (κ1) is 12.5. The number of aliphatic hydroxyl groups is 1. The molecule has 0 bridgehead atoms. The van der Waals surface area contributed by atoms with E-state index in [1.54, 1.807) is 0 Å². The minimum Gasteiger partial charge on any atom is -0.395 e. The Morgan fingerprint density at radius 3 is 2.85 bits per heavy atom. The van der Waals surface area contributed by atoms with Crippen LogP contribution in [-0.2, 0) is 9.59 Å². The van der Waals surface area contributed by atoms with Gasteiger partial charge in [-0.2, -0.15) is 4.98 Å². The second kappa shape index (κ2) is 4.23. The Morgan fingerprint density at radius 2 is 2.20 bits per heavy atom. The van der Waals surface area contributed by atoms with Crippen LogP contribution in [0.15, 0.2) is 11.1 Å². The summed E-state index contributed by atoms with van der Waals surface area (Å²) >= 11 is 0. The lowest BCUT2D eigenvalue weighted by Crippen LogP contribution is -2.22. The van der Waals surface area contributed by atoms with Crippen LogP contribution in [0.1, 0.15) is 12.5 Å². The lowest BCUT2D eigenvalue weighted by molar-refractivity contribution is -0.129. The summed E-state index contributed by atoms with van der Waals surface area (Å²) in [6, 6.07) is -0.807. The van der Waals surface area contributed by atoms with Gasteiger partial charge in [0.1, 0.15) is 17.7 Å². The largest absolute Gasteiger partial charge is 0.395 e. The molecule has 9 heteroatoms. The molecule has 0 amide bonds. The molecule has 9 nitrogen and oxygen atoms in total. The first-order valence-electron chi connectivity index (χ1n) is 5.92. The molecular weight excluding hydrogens is 266 g/mol. The predicted octanol–water partition coefficient (Wildman–Crippen LogP) is -1.61. The summed E-state index contributed by atoms with van der Waals surface area (Å²) in [6.45, 7) is -0.517. The number of imidazole rings is 1. The smallest absolute Gasteiger partial charge is 0.280 e. The fourth-order valence-electron chi connectivity index (χ4n) is 2.42. The number of nitrogen functional groups attached to an aromatic ring is 1. The van der Waals surface area contributed by atoms with Gasteiger partial charge in [-0.3, -0.25) is 19.4 Å². The van der Waals surface area contributed by atoms with E-state index >= 15 is 0 Å². The van der Waals surface area contributed by atoms with E-state index in [1.165, 1.54) is 10.9 Å². The summed E-state index contributed by atoms with van der Waals surface area (Å²) in [7, 11) is 0. The maximum atomic E-state index is 12.1. The number of aromatic amines is 1. The topological polar surface area (TPSA) is 144 Å². The zero-order valence-corrected chi connectivity index (χ0v) is 10.2. The first-order chi connectivity index (χ1) is 9.52. The molecule has 2 atom stereocenters. The number of nitrogens with two attached hydrogens (primary N) is 1. The highest BCUT2D eigenvalue weighted by Crippen LogP contribution is 2.29. The summed E-state index contributed by atoms with van der Waals surface area (Å²) in [5, 5.41) is 9.07. The standard InChI is InChI=1S/C11H11N5O4/c12-11-14-9-7(10(20)15-11)13-3-16(9)5-1-6(18)4(2-17)8(5)19/h3-5,17H,1-2H2,(H3,12,14,15,20)/t4?,5-/m0/s1. The number of Topliss-reactive ketones (excluding diaryl/α,β-unsaturated/α-hetero) is 2. The number of hydrogen-bond acceptors (Lipinski definition) is 7. The lowest BCUT2D eigenvalue weighted by atomic mass is 10.1. The van der Waals surface area contributed by atoms with Gasteiger partial charge in [-0.25, -0.2) is 4.98 Å². The zero-order valence-electron chi connectivity index (χ0n) is 10.2. The van der Waals surface area contributed by atoms with Gasteiger partial charge in [-0.1, -0.05) is 0 Å². The number of carbonyl (C=O) groups is 2. The molecule has 4 N–H and O–H groups in total. The van der Waals surface area contributed by atoms with Crippen LogP contribution in [0.3, 0.4) is 0 Å². The normalized spacial score (nSPS) is 22.9. The van der Waals surface area contributed by atoms with E-state index in [0.717, 1.165) is 0 Å². The molecular formula is C11H11N5O4. The lowest BCUT2D eigenvalue weighted by Gasteiger charge is -2.10. The summed E-state index contributed by atoms with van der Waals surface area (Å²) in [5.41, 5.74) is 5.15. The van der Waals surface area contributed by atoms with Gasteiger partial charge >= 0.3 is 0 Å². The van der Waals surface area contributed by atoms with E-state index in [9.17, 15) is 14.4 Å². The molecule has 2 heterocycles. The summed E-state index contributed by atoms with van der Waals surface area (Å²) in [5.74, 6) is -1.85. The van der Waals surface area contributed by atoms with Gasteiger partial charge in [-0.15, -0.1) is 0 Å². The van der Waals surface area contributed by atoms with Crippen molar-refractivity contribution in [1.82, 2.24) is 19.5 Å². The first-order valence-corrected chi connectivity index (χ1v) is 5.92. The summed E-state index contributed by atoms with van der Waals surface area (Å²) < 4.78 is 1.36. The van der Waals surface area contributed by atoms with Crippen molar-refractivity contribution in [3.63, 3.8) is 0 Å². The quantitative estimate of drug-likeness (QED) is 0.560. The second-order valence-corrected chi connectivity index (χ2v) is 4.60. The van der Waals surface area contributed by atoms with Crippen molar-refractivity contribution >= 4 is 28.7 Å². The maximum Gasteiger partial charge on any atom is 0.280 e. The predicted molar refractivity (Wildman–Crippen MR) is 66.8 cm³/mol. The Hall–Kier alpha value is -2.55. The molecule has 2 aromatic rings. The number of hydrogen-bond donors (Lipinski definition) is 3. The molecule has 1 aliphatic rings. The van der Waals surface area contributed by atoms with Gasteiger partial charge < -0.3 is 15.4 Å². The van der Waals surface area contributed by atoms with E-state index < -0.39 is 29.9 Å². The fourth-order valence-corrected chi connectivity index (χ4v) is 2.42. The summed E-state index contributed by atoms with van der Waals surface area (Å²) in [4.78, 5) is 45.5. The van der Waals surface area contributed by atoms with Crippen LogP contribution in [0.2, 0.25) is 0 Å². The van der Waals surface area contributed by atoms with Crippen LogP contribution in [-0.4, -0.2) is 42.8 Å². The number of nitrogens with zero attached hydrogens (tertiary/aromatic N) is 3. The van der Waals surface area contributed by atoms with Crippen molar-refractivity contribution in [2.75, 3.05) is 12.3 Å². The van der Waals surface area contributed by atoms with Crippen molar-refractivity contribution in [3.8, 4) is 0 Å². The van der Waals surface area contributed by atoms with Gasteiger partial charge in [0.05, 0.1) is 12.9 Å². The Kier molecular flexibility index (Phi) is 2.64. The number of ketones is 2. The number of fused-ring (bicyclic) bond motifs is 1. The Morgan fingerprint density at radius 1 is 1.45 bits per heavy atom. The number of anilines is 1. The van der Waals surface area contributed by atoms with Gasteiger partial charge in [0, 0.05) is 6.42 Å². The van der Waals surface area contributed by atoms with Crippen molar-refractivity contribution in [2.24, 2.45) is 5.92 Å². The average Bonchev–Trinajstić information content (AvgIpc) is 2.91. The number of nitrogens with one attached hydrogen (secondary N) is 1. The molecule has 2 aromatic heterocycles. The van der Waals surface area contributed by atoms with Gasteiger partial charge in [0.2, 0.25) is 5.95 Å². The summed E-state index contributed by atoms with van der Waals surface area (Å²) in [6.07, 6.45) is 1.23. The van der Waals surface area contributed by atoms with Gasteiger partial charge in [0.15, 0.2) is 16.9 Å². The highest BCUT2D eigenvalue weighted by molar-refractivity contribution is 6.11. The molecule has 1 fully saturated rings. The van der Waals surface area contributed by atoms with Crippen LogP contribution in [0.25, 0.3) is 11.2 Å². The fraction of sp³-hybridized carbons (Fsp3) is 0.364. The Bertz CT molecular complexity index is 777. The SMILES string of the molecule is Nc1nc2c(ncn2[C@H]2CC(=O)C(CO)C2=O)c(=O)[nH]1. The number of rotatable bonds is 2. The van der Waals surface area contributed by atoms with E-state index in [4.69, 9.17) is 10.8 Å². The third-order valence-corrected chi connectivity index (χ3v) is 3.42. The van der Waals surface area contributed by atoms with Gasteiger partial charge in [-0.05, 0) is 0 Å². The number of aromatic nitrogens is 4. The highest BCUT2D eigenvalue weighted by Gasteiger charge is 2.42. The maximum absolute atomic E-state index is 12.1. The monoisotopic (exact) mass is 277 g/mol. The van der Waals surface area contributed by atoms with Crippen LogP contribution in [0.5, 0.6) is 0 Å². The molecule has 0 aliphatic heterocycles. The van der Waals surface area contributed by atoms with Crippen molar-refractivity contribution < 1.29 is 14.7 Å². The molecule has 20 heavy (non-hydrogen) atoms. The van der Waals surface area contributed by atoms with Crippen LogP contribution < -0.4 is 11.3 Å². The minimum absolute atomic E-state index is 0.0481. The van der Waals surface area contributed by atoms with Crippen LogP contribution in [0, 0.1) is 5.92 Å². The molecule has 0 spiro atoms. The number of aliphatic hydroxyl groups excluding tert-OH is 1. The van der Waals surface area contributed by atoms with E-state index in [1.807, 2.05) is 0 Å². The van der Waals surface area contributed by atoms with Gasteiger partial charge in [0.25, 0.3) is 5.56 Å².